The van der Waals surface area contributed by atoms with Gasteiger partial charge in [-0.15, -0.1) is 0 Å². The van der Waals surface area contributed by atoms with Gasteiger partial charge >= 0.3 is 6.03 Å². The average molecular weight is 241 g/mol. The van der Waals surface area contributed by atoms with Gasteiger partial charge in [0.1, 0.15) is 0 Å². The zero-order valence-electron chi connectivity index (χ0n) is 11.8. The van der Waals surface area contributed by atoms with E-state index in [1.54, 1.807) is 0 Å². The van der Waals surface area contributed by atoms with Crippen molar-refractivity contribution in [3.8, 4) is 0 Å². The first kappa shape index (κ1) is 14.3. The molecule has 0 N–H and O–H groups in total. The SMILES string of the molecule is CCN(C(=O)N(C)CCN1CCCC1)C(C)C. The van der Waals surface area contributed by atoms with Crippen molar-refractivity contribution in [3.05, 3.63) is 0 Å². The molecule has 1 fully saturated rings. The van der Waals surface area contributed by atoms with Crippen LogP contribution in [0.4, 0.5) is 4.79 Å². The molecule has 0 atom stereocenters. The molecule has 4 nitrogen and oxygen atoms in total. The Balaban J connectivity index is 2.34. The number of rotatable bonds is 5. The van der Waals surface area contributed by atoms with E-state index >= 15 is 0 Å². The lowest BCUT2D eigenvalue weighted by Crippen LogP contribution is -2.46. The molecule has 100 valence electrons. The standard InChI is InChI=1S/C13H27N3O/c1-5-16(12(2)3)13(17)14(4)10-11-15-8-6-7-9-15/h12H,5-11H2,1-4H3. The molecule has 2 amide bonds. The second kappa shape index (κ2) is 6.84. The van der Waals surface area contributed by atoms with Crippen molar-refractivity contribution in [3.63, 3.8) is 0 Å². The van der Waals surface area contributed by atoms with E-state index < -0.39 is 0 Å². The Bertz CT molecular complexity index is 237. The predicted molar refractivity (Wildman–Crippen MR) is 71.2 cm³/mol. The van der Waals surface area contributed by atoms with Crippen LogP contribution >= 0.6 is 0 Å². The first-order valence-corrected chi connectivity index (χ1v) is 6.80. The normalized spacial score (nSPS) is 16.5. The molecule has 1 rings (SSSR count). The number of urea groups is 1. The summed E-state index contributed by atoms with van der Waals surface area (Å²) in [5, 5.41) is 0. The third kappa shape index (κ3) is 4.19. The Labute approximate surface area is 106 Å². The van der Waals surface area contributed by atoms with E-state index in [4.69, 9.17) is 0 Å². The number of amides is 2. The molecule has 1 aliphatic heterocycles. The highest BCUT2D eigenvalue weighted by atomic mass is 16.2. The van der Waals surface area contributed by atoms with Gasteiger partial charge in [-0.05, 0) is 46.7 Å². The van der Waals surface area contributed by atoms with Crippen molar-refractivity contribution in [2.24, 2.45) is 0 Å². The van der Waals surface area contributed by atoms with E-state index in [1.165, 1.54) is 25.9 Å². The maximum Gasteiger partial charge on any atom is 0.320 e. The zero-order chi connectivity index (χ0) is 12.8. The molecule has 0 aromatic rings. The summed E-state index contributed by atoms with van der Waals surface area (Å²) in [5.74, 6) is 0. The topological polar surface area (TPSA) is 26.8 Å². The van der Waals surface area contributed by atoms with Crippen LogP contribution in [0.2, 0.25) is 0 Å². The Hall–Kier alpha value is -0.770. The van der Waals surface area contributed by atoms with Crippen LogP contribution in [0.25, 0.3) is 0 Å². The van der Waals surface area contributed by atoms with Gasteiger partial charge in [0.2, 0.25) is 0 Å². The van der Waals surface area contributed by atoms with Gasteiger partial charge in [-0.1, -0.05) is 0 Å². The molecule has 0 aromatic carbocycles. The molecule has 0 unspecified atom stereocenters. The minimum absolute atomic E-state index is 0.154. The quantitative estimate of drug-likeness (QED) is 0.734. The van der Waals surface area contributed by atoms with Crippen molar-refractivity contribution in [1.29, 1.82) is 0 Å². The molecule has 0 saturated carbocycles. The highest BCUT2D eigenvalue weighted by molar-refractivity contribution is 5.74. The van der Waals surface area contributed by atoms with E-state index in [0.717, 1.165) is 19.6 Å². The summed E-state index contributed by atoms with van der Waals surface area (Å²) >= 11 is 0. The van der Waals surface area contributed by atoms with Gasteiger partial charge in [0, 0.05) is 32.7 Å². The number of hydrogen-bond acceptors (Lipinski definition) is 2. The molecule has 0 spiro atoms. The Kier molecular flexibility index (Phi) is 5.75. The van der Waals surface area contributed by atoms with Gasteiger partial charge < -0.3 is 14.7 Å². The van der Waals surface area contributed by atoms with Crippen LogP contribution in [-0.4, -0.2) is 66.5 Å². The number of carbonyl (C=O) groups is 1. The fourth-order valence-corrected chi connectivity index (χ4v) is 2.33. The van der Waals surface area contributed by atoms with Crippen LogP contribution in [0.1, 0.15) is 33.6 Å². The van der Waals surface area contributed by atoms with Crippen molar-refractivity contribution in [2.75, 3.05) is 39.8 Å². The second-order valence-corrected chi connectivity index (χ2v) is 5.13. The van der Waals surface area contributed by atoms with E-state index in [1.807, 2.05) is 23.8 Å². The largest absolute Gasteiger partial charge is 0.326 e. The highest BCUT2D eigenvalue weighted by Crippen LogP contribution is 2.07. The molecule has 4 heteroatoms. The third-order valence-corrected chi connectivity index (χ3v) is 3.49. The molecule has 0 bridgehead atoms. The highest BCUT2D eigenvalue weighted by Gasteiger charge is 2.20. The smallest absolute Gasteiger partial charge is 0.320 e. The van der Waals surface area contributed by atoms with Crippen LogP contribution in [0.15, 0.2) is 0 Å². The van der Waals surface area contributed by atoms with Crippen molar-refractivity contribution < 1.29 is 4.79 Å². The maximum atomic E-state index is 12.2. The van der Waals surface area contributed by atoms with Gasteiger partial charge in [-0.2, -0.15) is 0 Å². The van der Waals surface area contributed by atoms with Gasteiger partial charge in [-0.25, -0.2) is 4.79 Å². The van der Waals surface area contributed by atoms with Gasteiger partial charge in [0.15, 0.2) is 0 Å². The number of likely N-dealkylation sites (tertiary alicyclic amines) is 1. The van der Waals surface area contributed by atoms with E-state index in [9.17, 15) is 4.79 Å². The van der Waals surface area contributed by atoms with Crippen LogP contribution in [0, 0.1) is 0 Å². The third-order valence-electron chi connectivity index (χ3n) is 3.49. The second-order valence-electron chi connectivity index (χ2n) is 5.13. The lowest BCUT2D eigenvalue weighted by Gasteiger charge is -2.31. The summed E-state index contributed by atoms with van der Waals surface area (Å²) in [7, 11) is 1.91. The van der Waals surface area contributed by atoms with Gasteiger partial charge in [0.05, 0.1) is 0 Å². The van der Waals surface area contributed by atoms with E-state index in [0.29, 0.717) is 0 Å². The molecule has 1 aliphatic rings. The zero-order valence-corrected chi connectivity index (χ0v) is 11.8. The summed E-state index contributed by atoms with van der Waals surface area (Å²) < 4.78 is 0. The van der Waals surface area contributed by atoms with Crippen LogP contribution < -0.4 is 0 Å². The van der Waals surface area contributed by atoms with E-state index in [-0.39, 0.29) is 12.1 Å². The van der Waals surface area contributed by atoms with Crippen LogP contribution in [0.3, 0.4) is 0 Å². The summed E-state index contributed by atoms with van der Waals surface area (Å²) in [6, 6.07) is 0.434. The molecule has 0 aliphatic carbocycles. The minimum atomic E-state index is 0.154. The Morgan fingerprint density at radius 1 is 1.29 bits per heavy atom. The molecular formula is C13H27N3O. The lowest BCUT2D eigenvalue weighted by atomic mass is 10.3. The van der Waals surface area contributed by atoms with Crippen molar-refractivity contribution in [1.82, 2.24) is 14.7 Å². The molecule has 17 heavy (non-hydrogen) atoms. The summed E-state index contributed by atoms with van der Waals surface area (Å²) in [6.07, 6.45) is 2.62. The van der Waals surface area contributed by atoms with E-state index in [2.05, 4.69) is 18.7 Å². The first-order valence-electron chi connectivity index (χ1n) is 6.80. The first-order chi connectivity index (χ1) is 8.06. The number of likely N-dealkylation sites (N-methyl/N-ethyl adjacent to an activating group) is 1. The summed E-state index contributed by atoms with van der Waals surface area (Å²) in [5.41, 5.74) is 0. The Morgan fingerprint density at radius 2 is 1.88 bits per heavy atom. The van der Waals surface area contributed by atoms with Crippen molar-refractivity contribution >= 4 is 6.03 Å². The summed E-state index contributed by atoms with van der Waals surface area (Å²) in [4.78, 5) is 18.3. The lowest BCUT2D eigenvalue weighted by molar-refractivity contribution is 0.147. The molecule has 0 aromatic heterocycles. The van der Waals surface area contributed by atoms with Crippen LogP contribution in [0.5, 0.6) is 0 Å². The van der Waals surface area contributed by atoms with Crippen molar-refractivity contribution in [2.45, 2.75) is 39.7 Å². The molecule has 1 saturated heterocycles. The number of hydrogen-bond donors (Lipinski definition) is 0. The fourth-order valence-electron chi connectivity index (χ4n) is 2.33. The van der Waals surface area contributed by atoms with Gasteiger partial charge in [-0.3, -0.25) is 0 Å². The monoisotopic (exact) mass is 241 g/mol. The molecule has 0 radical (unpaired) electrons. The average Bonchev–Trinajstić information content (AvgIpc) is 2.78. The predicted octanol–water partition coefficient (Wildman–Crippen LogP) is 1.86. The van der Waals surface area contributed by atoms with Gasteiger partial charge in [0.25, 0.3) is 0 Å². The molecular weight excluding hydrogens is 214 g/mol. The maximum absolute atomic E-state index is 12.2. The number of carbonyl (C=O) groups excluding carboxylic acids is 1. The van der Waals surface area contributed by atoms with Crippen LogP contribution in [-0.2, 0) is 0 Å². The number of nitrogens with zero attached hydrogens (tertiary/aromatic N) is 3. The minimum Gasteiger partial charge on any atom is -0.326 e. The Morgan fingerprint density at radius 3 is 2.35 bits per heavy atom. The molecule has 1 heterocycles. The fraction of sp³-hybridized carbons (Fsp3) is 0.923. The summed E-state index contributed by atoms with van der Waals surface area (Å²) in [6.45, 7) is 11.2.